The third kappa shape index (κ3) is 1.78. The summed E-state index contributed by atoms with van der Waals surface area (Å²) in [6, 6.07) is 0.472. The molecule has 3 nitrogen and oxygen atoms in total. The summed E-state index contributed by atoms with van der Waals surface area (Å²) in [5.74, 6) is 0.977. The zero-order chi connectivity index (χ0) is 9.14. The van der Waals surface area contributed by atoms with Gasteiger partial charge in [-0.2, -0.15) is 0 Å². The van der Waals surface area contributed by atoms with Crippen LogP contribution in [-0.4, -0.2) is 16.1 Å². The lowest BCUT2D eigenvalue weighted by Crippen LogP contribution is -2.07. The molecule has 1 aromatic rings. The first-order chi connectivity index (χ1) is 5.65. The minimum atomic E-state index is 0.472. The third-order valence-electron chi connectivity index (χ3n) is 1.74. The second-order valence-corrected chi connectivity index (χ2v) is 3.24. The van der Waals surface area contributed by atoms with Crippen LogP contribution in [0.5, 0.6) is 0 Å². The van der Waals surface area contributed by atoms with Crippen molar-refractivity contribution >= 4 is 5.95 Å². The van der Waals surface area contributed by atoms with Gasteiger partial charge < -0.3 is 9.88 Å². The average molecular weight is 167 g/mol. The molecule has 12 heavy (non-hydrogen) atoms. The molecule has 0 fully saturated rings. The summed E-state index contributed by atoms with van der Waals surface area (Å²) in [4.78, 5) is 4.37. The number of anilines is 1. The van der Waals surface area contributed by atoms with E-state index in [0.717, 1.165) is 18.2 Å². The molecule has 0 amide bonds. The zero-order valence-electron chi connectivity index (χ0n) is 8.26. The van der Waals surface area contributed by atoms with Crippen molar-refractivity contribution in [3.8, 4) is 0 Å². The molecule has 0 saturated heterocycles. The summed E-state index contributed by atoms with van der Waals surface area (Å²) in [5.41, 5.74) is 1.07. The summed E-state index contributed by atoms with van der Waals surface area (Å²) < 4.78 is 2.15. The summed E-state index contributed by atoms with van der Waals surface area (Å²) in [6.07, 6.45) is 2.07. The molecular formula is C9H17N3. The number of hydrogen-bond donors (Lipinski definition) is 1. The second kappa shape index (κ2) is 3.61. The van der Waals surface area contributed by atoms with E-state index in [0.29, 0.717) is 6.04 Å². The van der Waals surface area contributed by atoms with E-state index in [1.54, 1.807) is 0 Å². The molecule has 1 heterocycles. The third-order valence-corrected chi connectivity index (χ3v) is 1.74. The van der Waals surface area contributed by atoms with Crippen LogP contribution in [-0.2, 0) is 0 Å². The number of aromatic nitrogens is 2. The first-order valence-electron chi connectivity index (χ1n) is 4.44. The van der Waals surface area contributed by atoms with E-state index in [4.69, 9.17) is 0 Å². The largest absolute Gasteiger partial charge is 0.356 e. The van der Waals surface area contributed by atoms with Gasteiger partial charge in [0, 0.05) is 18.8 Å². The molecule has 0 bridgehead atoms. The summed E-state index contributed by atoms with van der Waals surface area (Å²) in [7, 11) is 0. The molecule has 0 aliphatic carbocycles. The Morgan fingerprint density at radius 3 is 2.75 bits per heavy atom. The molecule has 0 unspecified atom stereocenters. The fourth-order valence-electron chi connectivity index (χ4n) is 1.20. The first kappa shape index (κ1) is 9.10. The van der Waals surface area contributed by atoms with Crippen molar-refractivity contribution in [2.45, 2.75) is 33.7 Å². The lowest BCUT2D eigenvalue weighted by molar-refractivity contribution is 0.605. The predicted molar refractivity (Wildman–Crippen MR) is 51.5 cm³/mol. The van der Waals surface area contributed by atoms with Crippen molar-refractivity contribution in [2.75, 3.05) is 11.9 Å². The molecule has 1 N–H and O–H groups in total. The highest BCUT2D eigenvalue weighted by molar-refractivity contribution is 5.28. The Labute approximate surface area is 73.8 Å². The van der Waals surface area contributed by atoms with Crippen molar-refractivity contribution in [3.05, 3.63) is 11.9 Å². The van der Waals surface area contributed by atoms with Gasteiger partial charge in [0.25, 0.3) is 0 Å². The van der Waals surface area contributed by atoms with Crippen molar-refractivity contribution in [2.24, 2.45) is 0 Å². The van der Waals surface area contributed by atoms with E-state index in [-0.39, 0.29) is 0 Å². The van der Waals surface area contributed by atoms with Crippen LogP contribution in [0.2, 0.25) is 0 Å². The van der Waals surface area contributed by atoms with Crippen LogP contribution in [0.15, 0.2) is 6.20 Å². The maximum absolute atomic E-state index is 4.37. The number of imidazole rings is 1. The number of nitrogens with one attached hydrogen (secondary N) is 1. The standard InChI is InChI=1S/C9H17N3/c1-5-10-9-11-8(4)6-12(9)7(2)3/h6-7H,5H2,1-4H3,(H,10,11). The highest BCUT2D eigenvalue weighted by Crippen LogP contribution is 2.14. The molecule has 1 aromatic heterocycles. The molecule has 0 saturated carbocycles. The Bertz CT molecular complexity index is 250. The lowest BCUT2D eigenvalue weighted by Gasteiger charge is -2.10. The van der Waals surface area contributed by atoms with Crippen LogP contribution in [0, 0.1) is 6.92 Å². The Morgan fingerprint density at radius 2 is 2.25 bits per heavy atom. The Kier molecular flexibility index (Phi) is 2.74. The molecule has 0 atom stereocenters. The van der Waals surface area contributed by atoms with Crippen molar-refractivity contribution in [1.29, 1.82) is 0 Å². The molecule has 68 valence electrons. The van der Waals surface area contributed by atoms with Crippen molar-refractivity contribution < 1.29 is 0 Å². The second-order valence-electron chi connectivity index (χ2n) is 3.24. The van der Waals surface area contributed by atoms with Gasteiger partial charge >= 0.3 is 0 Å². The predicted octanol–water partition coefficient (Wildman–Crippen LogP) is 2.20. The van der Waals surface area contributed by atoms with Gasteiger partial charge in [-0.1, -0.05) is 0 Å². The normalized spacial score (nSPS) is 10.8. The number of aryl methyl sites for hydroxylation is 1. The molecule has 0 aliphatic rings. The molecule has 0 aromatic carbocycles. The molecular weight excluding hydrogens is 150 g/mol. The van der Waals surface area contributed by atoms with Gasteiger partial charge in [-0.15, -0.1) is 0 Å². The minimum Gasteiger partial charge on any atom is -0.356 e. The maximum Gasteiger partial charge on any atom is 0.203 e. The number of nitrogens with zero attached hydrogens (tertiary/aromatic N) is 2. The van der Waals surface area contributed by atoms with Gasteiger partial charge in [-0.05, 0) is 27.7 Å². The monoisotopic (exact) mass is 167 g/mol. The van der Waals surface area contributed by atoms with Crippen LogP contribution in [0.25, 0.3) is 0 Å². The maximum atomic E-state index is 4.37. The van der Waals surface area contributed by atoms with Crippen LogP contribution < -0.4 is 5.32 Å². The van der Waals surface area contributed by atoms with Crippen LogP contribution in [0.1, 0.15) is 32.5 Å². The van der Waals surface area contributed by atoms with Gasteiger partial charge in [0.05, 0.1) is 5.69 Å². The summed E-state index contributed by atoms with van der Waals surface area (Å²) in [5, 5.41) is 3.23. The Balaban J connectivity index is 2.92. The van der Waals surface area contributed by atoms with E-state index in [2.05, 4.69) is 41.8 Å². The first-order valence-corrected chi connectivity index (χ1v) is 4.44. The number of hydrogen-bond acceptors (Lipinski definition) is 2. The molecule has 0 aliphatic heterocycles. The summed E-state index contributed by atoms with van der Waals surface area (Å²) in [6.45, 7) is 9.32. The summed E-state index contributed by atoms with van der Waals surface area (Å²) >= 11 is 0. The van der Waals surface area contributed by atoms with Gasteiger partial charge in [0.2, 0.25) is 5.95 Å². The smallest absolute Gasteiger partial charge is 0.203 e. The highest BCUT2D eigenvalue weighted by atomic mass is 15.2. The zero-order valence-corrected chi connectivity index (χ0v) is 8.26. The van der Waals surface area contributed by atoms with Crippen LogP contribution >= 0.6 is 0 Å². The quantitative estimate of drug-likeness (QED) is 0.748. The van der Waals surface area contributed by atoms with Crippen LogP contribution in [0.3, 0.4) is 0 Å². The highest BCUT2D eigenvalue weighted by Gasteiger charge is 2.06. The van der Waals surface area contributed by atoms with Gasteiger partial charge in [-0.3, -0.25) is 0 Å². The fraction of sp³-hybridized carbons (Fsp3) is 0.667. The van der Waals surface area contributed by atoms with Crippen molar-refractivity contribution in [3.63, 3.8) is 0 Å². The fourth-order valence-corrected chi connectivity index (χ4v) is 1.20. The molecule has 1 rings (SSSR count). The van der Waals surface area contributed by atoms with Crippen molar-refractivity contribution in [1.82, 2.24) is 9.55 Å². The van der Waals surface area contributed by atoms with Gasteiger partial charge in [0.15, 0.2) is 0 Å². The van der Waals surface area contributed by atoms with E-state index < -0.39 is 0 Å². The van der Waals surface area contributed by atoms with E-state index >= 15 is 0 Å². The van der Waals surface area contributed by atoms with E-state index in [9.17, 15) is 0 Å². The average Bonchev–Trinajstić information content (AvgIpc) is 2.32. The Morgan fingerprint density at radius 1 is 1.58 bits per heavy atom. The number of rotatable bonds is 3. The Hall–Kier alpha value is -0.990. The van der Waals surface area contributed by atoms with Gasteiger partial charge in [-0.25, -0.2) is 4.98 Å². The van der Waals surface area contributed by atoms with E-state index in [1.807, 2.05) is 6.92 Å². The van der Waals surface area contributed by atoms with E-state index in [1.165, 1.54) is 0 Å². The minimum absolute atomic E-state index is 0.472. The SMILES string of the molecule is CCNc1nc(C)cn1C(C)C. The topological polar surface area (TPSA) is 29.9 Å². The molecule has 3 heteroatoms. The van der Waals surface area contributed by atoms with Gasteiger partial charge in [0.1, 0.15) is 0 Å². The van der Waals surface area contributed by atoms with Crippen LogP contribution in [0.4, 0.5) is 5.95 Å². The molecule has 0 spiro atoms. The molecule has 0 radical (unpaired) electrons. The lowest BCUT2D eigenvalue weighted by atomic mass is 10.4.